The summed E-state index contributed by atoms with van der Waals surface area (Å²) in [4.78, 5) is 34.1. The van der Waals surface area contributed by atoms with Crippen molar-refractivity contribution >= 4 is 33.5 Å². The van der Waals surface area contributed by atoms with E-state index in [2.05, 4.69) is 9.97 Å². The van der Waals surface area contributed by atoms with Crippen LogP contribution in [0.2, 0.25) is 0 Å². The highest BCUT2D eigenvalue weighted by atomic mass is 19.1. The van der Waals surface area contributed by atoms with Gasteiger partial charge in [-0.2, -0.15) is 0 Å². The third-order valence-corrected chi connectivity index (χ3v) is 5.54. The summed E-state index contributed by atoms with van der Waals surface area (Å²) in [6.07, 6.45) is 0.609. The van der Waals surface area contributed by atoms with Gasteiger partial charge in [0.2, 0.25) is 0 Å². The highest BCUT2D eigenvalue weighted by Crippen LogP contribution is 2.29. The van der Waals surface area contributed by atoms with E-state index in [1.165, 1.54) is 12.1 Å². The number of halogens is 1. The van der Waals surface area contributed by atoms with E-state index < -0.39 is 11.7 Å². The molecule has 3 heterocycles. The zero-order valence-corrected chi connectivity index (χ0v) is 15.3. The van der Waals surface area contributed by atoms with Crippen LogP contribution in [0.3, 0.4) is 0 Å². The van der Waals surface area contributed by atoms with Gasteiger partial charge in [0.15, 0.2) is 0 Å². The lowest BCUT2D eigenvalue weighted by Crippen LogP contribution is -2.40. The molecule has 2 aromatic heterocycles. The second-order valence-electron chi connectivity index (χ2n) is 7.25. The molecule has 0 aliphatic carbocycles. The molecule has 2 N–H and O–H groups in total. The highest BCUT2D eigenvalue weighted by Gasteiger charge is 2.30. The first-order chi connectivity index (χ1) is 13.5. The number of amides is 1. The summed E-state index contributed by atoms with van der Waals surface area (Å²) in [6, 6.07) is 12.1. The van der Waals surface area contributed by atoms with Gasteiger partial charge in [0.25, 0.3) is 11.7 Å². The van der Waals surface area contributed by atoms with E-state index in [-0.39, 0.29) is 5.82 Å². The van der Waals surface area contributed by atoms with E-state index in [0.29, 0.717) is 30.8 Å². The summed E-state index contributed by atoms with van der Waals surface area (Å²) in [7, 11) is 0. The van der Waals surface area contributed by atoms with Crippen LogP contribution in [-0.2, 0) is 17.8 Å². The minimum atomic E-state index is -0.524. The van der Waals surface area contributed by atoms with E-state index in [4.69, 9.17) is 0 Å². The van der Waals surface area contributed by atoms with Crippen molar-refractivity contribution in [3.05, 3.63) is 70.8 Å². The lowest BCUT2D eigenvalue weighted by atomic mass is 10.0. The molecule has 1 amide bonds. The molecule has 140 valence electrons. The number of para-hydroxylation sites is 1. The van der Waals surface area contributed by atoms with Crippen molar-refractivity contribution in [3.63, 3.8) is 0 Å². The van der Waals surface area contributed by atoms with Crippen LogP contribution >= 0.6 is 0 Å². The maximum Gasteiger partial charge on any atom is 0.295 e. The quantitative estimate of drug-likeness (QED) is 0.413. The zero-order chi connectivity index (χ0) is 19.4. The number of nitrogens with zero attached hydrogens (tertiary/aromatic N) is 1. The van der Waals surface area contributed by atoms with E-state index >= 15 is 0 Å². The average Bonchev–Trinajstić information content (AvgIpc) is 3.22. The lowest BCUT2D eigenvalue weighted by molar-refractivity contribution is -0.127. The molecular formula is C22H18FN3O2. The molecular weight excluding hydrogens is 357 g/mol. The molecule has 1 aliphatic heterocycles. The SMILES string of the molecule is Cc1[nH]c2ccccc2c1C(=O)C(=O)N1CCc2[nH]c3ccc(F)cc3c2C1. The fraction of sp³-hybridized carbons (Fsp3) is 0.182. The summed E-state index contributed by atoms with van der Waals surface area (Å²) in [5.74, 6) is -1.35. The molecule has 0 unspecified atom stereocenters. The van der Waals surface area contributed by atoms with Crippen molar-refractivity contribution in [3.8, 4) is 0 Å². The van der Waals surface area contributed by atoms with Crippen LogP contribution in [0.4, 0.5) is 4.39 Å². The Morgan fingerprint density at radius 1 is 1.04 bits per heavy atom. The van der Waals surface area contributed by atoms with Gasteiger partial charge in [0, 0.05) is 58.3 Å². The number of ketones is 1. The molecule has 5 nitrogen and oxygen atoms in total. The number of hydrogen-bond acceptors (Lipinski definition) is 2. The van der Waals surface area contributed by atoms with Crippen molar-refractivity contribution in [2.24, 2.45) is 0 Å². The Hall–Kier alpha value is -3.41. The van der Waals surface area contributed by atoms with Gasteiger partial charge in [-0.1, -0.05) is 18.2 Å². The van der Waals surface area contributed by atoms with Crippen LogP contribution in [-0.4, -0.2) is 33.1 Å². The van der Waals surface area contributed by atoms with Crippen molar-refractivity contribution < 1.29 is 14.0 Å². The summed E-state index contributed by atoms with van der Waals surface area (Å²) < 4.78 is 13.7. The third-order valence-electron chi connectivity index (χ3n) is 5.54. The van der Waals surface area contributed by atoms with Gasteiger partial charge in [0.05, 0.1) is 5.56 Å². The van der Waals surface area contributed by atoms with E-state index in [9.17, 15) is 14.0 Å². The van der Waals surface area contributed by atoms with Crippen molar-refractivity contribution in [1.82, 2.24) is 14.9 Å². The van der Waals surface area contributed by atoms with E-state index in [1.54, 1.807) is 17.9 Å². The molecule has 4 aromatic rings. The molecule has 0 atom stereocenters. The minimum absolute atomic E-state index is 0.296. The maximum atomic E-state index is 13.7. The van der Waals surface area contributed by atoms with Gasteiger partial charge in [-0.05, 0) is 31.2 Å². The number of carbonyl (C=O) groups excluding carboxylic acids is 2. The first kappa shape index (κ1) is 16.7. The summed E-state index contributed by atoms with van der Waals surface area (Å²) in [5.41, 5.74) is 4.68. The zero-order valence-electron chi connectivity index (χ0n) is 15.3. The van der Waals surface area contributed by atoms with Gasteiger partial charge in [0.1, 0.15) is 5.82 Å². The molecule has 5 rings (SSSR count). The van der Waals surface area contributed by atoms with Crippen LogP contribution in [0, 0.1) is 12.7 Å². The molecule has 6 heteroatoms. The Kier molecular flexibility index (Phi) is 3.62. The predicted octanol–water partition coefficient (Wildman–Crippen LogP) is 3.86. The number of rotatable bonds is 2. The Labute approximate surface area is 160 Å². The Morgan fingerprint density at radius 3 is 2.68 bits per heavy atom. The third kappa shape index (κ3) is 2.45. The number of aromatic nitrogens is 2. The van der Waals surface area contributed by atoms with Gasteiger partial charge >= 0.3 is 0 Å². The number of hydrogen-bond donors (Lipinski definition) is 2. The number of aromatic amines is 2. The lowest BCUT2D eigenvalue weighted by Gasteiger charge is -2.26. The molecule has 0 saturated heterocycles. The van der Waals surface area contributed by atoms with Crippen LogP contribution < -0.4 is 0 Å². The molecule has 0 radical (unpaired) electrons. The molecule has 28 heavy (non-hydrogen) atoms. The van der Waals surface area contributed by atoms with Crippen LogP contribution in [0.5, 0.6) is 0 Å². The van der Waals surface area contributed by atoms with Crippen LogP contribution in [0.1, 0.15) is 27.3 Å². The second-order valence-corrected chi connectivity index (χ2v) is 7.25. The van der Waals surface area contributed by atoms with E-state index in [1.807, 2.05) is 24.3 Å². The van der Waals surface area contributed by atoms with Crippen molar-refractivity contribution in [1.29, 1.82) is 0 Å². The molecule has 1 aliphatic rings. The number of fused-ring (bicyclic) bond motifs is 4. The second kappa shape index (κ2) is 6.05. The van der Waals surface area contributed by atoms with Gasteiger partial charge in [-0.3, -0.25) is 9.59 Å². The highest BCUT2D eigenvalue weighted by molar-refractivity contribution is 6.45. The average molecular weight is 375 g/mol. The molecule has 0 spiro atoms. The van der Waals surface area contributed by atoms with Gasteiger partial charge in [-0.25, -0.2) is 4.39 Å². The maximum absolute atomic E-state index is 13.7. The first-order valence-corrected chi connectivity index (χ1v) is 9.23. The summed E-state index contributed by atoms with van der Waals surface area (Å²) in [5, 5.41) is 1.52. The fourth-order valence-corrected chi connectivity index (χ4v) is 4.18. The molecule has 0 saturated carbocycles. The first-order valence-electron chi connectivity index (χ1n) is 9.23. The normalized spacial score (nSPS) is 13.9. The minimum Gasteiger partial charge on any atom is -0.358 e. The monoisotopic (exact) mass is 375 g/mol. The van der Waals surface area contributed by atoms with Gasteiger partial charge in [-0.15, -0.1) is 0 Å². The molecule has 0 bridgehead atoms. The number of H-pyrrole nitrogens is 2. The number of Topliss-reactive ketones (excluding diaryl/α,β-unsaturated/α-hetero) is 1. The van der Waals surface area contributed by atoms with Crippen molar-refractivity contribution in [2.75, 3.05) is 6.54 Å². The smallest absolute Gasteiger partial charge is 0.295 e. The molecule has 2 aromatic carbocycles. The number of benzene rings is 2. The Morgan fingerprint density at radius 2 is 1.82 bits per heavy atom. The predicted molar refractivity (Wildman–Crippen MR) is 105 cm³/mol. The van der Waals surface area contributed by atoms with Crippen LogP contribution in [0.15, 0.2) is 42.5 Å². The summed E-state index contributed by atoms with van der Waals surface area (Å²) >= 11 is 0. The van der Waals surface area contributed by atoms with Crippen LogP contribution in [0.25, 0.3) is 21.8 Å². The van der Waals surface area contributed by atoms with Crippen molar-refractivity contribution in [2.45, 2.75) is 19.9 Å². The largest absolute Gasteiger partial charge is 0.358 e. The number of nitrogens with one attached hydrogen (secondary N) is 2. The fourth-order valence-electron chi connectivity index (χ4n) is 4.18. The number of carbonyl (C=O) groups is 2. The topological polar surface area (TPSA) is 69.0 Å². The Balaban J connectivity index is 1.49. The van der Waals surface area contributed by atoms with Gasteiger partial charge < -0.3 is 14.9 Å². The standard InChI is InChI=1S/C22H18FN3O2/c1-12-20(14-4-2-3-5-17(14)24-12)21(27)22(28)26-9-8-19-16(11-26)15-10-13(23)6-7-18(15)25-19/h2-7,10,24-25H,8-9,11H2,1H3. The van der Waals surface area contributed by atoms with E-state index in [0.717, 1.165) is 33.1 Å². The number of aryl methyl sites for hydroxylation is 1. The molecule has 0 fully saturated rings. The summed E-state index contributed by atoms with van der Waals surface area (Å²) in [6.45, 7) is 2.55. The Bertz CT molecular complexity index is 1270.